The van der Waals surface area contributed by atoms with Gasteiger partial charge in [-0.05, 0) is 35.4 Å². The molecule has 4 N–H and O–H groups in total. The van der Waals surface area contributed by atoms with E-state index >= 15 is 0 Å². The van der Waals surface area contributed by atoms with Gasteiger partial charge in [0.1, 0.15) is 61.2 Å². The Hall–Kier alpha value is -6.78. The van der Waals surface area contributed by atoms with E-state index in [1.807, 2.05) is 97.1 Å². The molecule has 8 rings (SSSR count). The van der Waals surface area contributed by atoms with Gasteiger partial charge in [-0.15, -0.1) is 0 Å². The average Bonchev–Trinajstić information content (AvgIpc) is 3.66. The van der Waals surface area contributed by atoms with Gasteiger partial charge in [-0.2, -0.15) is 10.5 Å². The molecule has 4 aromatic carbocycles. The van der Waals surface area contributed by atoms with Crippen LogP contribution in [0.5, 0.6) is 23.0 Å². The first-order chi connectivity index (χ1) is 24.5. The molecule has 0 saturated carbocycles. The van der Waals surface area contributed by atoms with E-state index in [1.54, 1.807) is 0 Å². The number of fused-ring (bicyclic) bond motifs is 2. The van der Waals surface area contributed by atoms with E-state index in [9.17, 15) is 10.5 Å². The van der Waals surface area contributed by atoms with E-state index in [2.05, 4.69) is 12.1 Å². The highest BCUT2D eigenvalue weighted by Crippen LogP contribution is 2.38. The molecule has 0 spiro atoms. The third kappa shape index (κ3) is 6.51. The molecule has 0 unspecified atom stereocenters. The summed E-state index contributed by atoms with van der Waals surface area (Å²) in [6.07, 6.45) is 1.04. The Bertz CT molecular complexity index is 2070. The van der Waals surface area contributed by atoms with E-state index in [0.29, 0.717) is 61.9 Å². The molecular weight excluding hydrogens is 632 g/mol. The fourth-order valence-electron chi connectivity index (χ4n) is 6.00. The number of nitrogens with two attached hydrogens (primary N) is 2. The SMILES string of the molecule is N#Cc1c(N)oc(-c2ccccc2)c1Cc1ccc2c(c1)OCCO2.N#Cc1c(N)oc(-c2ccccc2)c1Cc1ccc2c(c1)OCCO2. The number of nitrogen functional groups attached to an aromatic ring is 2. The summed E-state index contributed by atoms with van der Waals surface area (Å²) >= 11 is 0. The van der Waals surface area contributed by atoms with Crippen LogP contribution in [0.25, 0.3) is 22.6 Å². The number of benzene rings is 4. The maximum absolute atomic E-state index is 9.49. The Morgan fingerprint density at radius 1 is 0.500 bits per heavy atom. The minimum Gasteiger partial charge on any atom is -0.486 e. The van der Waals surface area contributed by atoms with Crippen LogP contribution in [-0.4, -0.2) is 26.4 Å². The molecular formula is C40H32N4O6. The zero-order valence-corrected chi connectivity index (χ0v) is 27.0. The summed E-state index contributed by atoms with van der Waals surface area (Å²) < 4.78 is 33.8. The summed E-state index contributed by atoms with van der Waals surface area (Å²) in [7, 11) is 0. The predicted molar refractivity (Wildman–Crippen MR) is 187 cm³/mol. The molecule has 0 aliphatic carbocycles. The van der Waals surface area contributed by atoms with Crippen molar-refractivity contribution in [2.24, 2.45) is 0 Å². The Labute approximate surface area is 288 Å². The van der Waals surface area contributed by atoms with Crippen molar-refractivity contribution in [1.82, 2.24) is 0 Å². The fraction of sp³-hybridized carbons (Fsp3) is 0.150. The van der Waals surface area contributed by atoms with Crippen LogP contribution >= 0.6 is 0 Å². The van der Waals surface area contributed by atoms with Crippen LogP contribution in [0.4, 0.5) is 11.8 Å². The fourth-order valence-corrected chi connectivity index (χ4v) is 6.00. The topological polar surface area (TPSA) is 163 Å². The number of anilines is 2. The van der Waals surface area contributed by atoms with Crippen molar-refractivity contribution in [2.45, 2.75) is 12.8 Å². The van der Waals surface area contributed by atoms with E-state index in [4.69, 9.17) is 39.2 Å². The number of hydrogen-bond donors (Lipinski definition) is 2. The molecule has 10 heteroatoms. The predicted octanol–water partition coefficient (Wildman–Crippen LogP) is 7.52. The van der Waals surface area contributed by atoms with Crippen LogP contribution < -0.4 is 30.4 Å². The molecule has 0 fully saturated rings. The van der Waals surface area contributed by atoms with Gasteiger partial charge >= 0.3 is 0 Å². The summed E-state index contributed by atoms with van der Waals surface area (Å²) in [6.45, 7) is 2.18. The molecule has 10 nitrogen and oxygen atoms in total. The lowest BCUT2D eigenvalue weighted by Crippen LogP contribution is -2.15. The Morgan fingerprint density at radius 3 is 1.26 bits per heavy atom. The van der Waals surface area contributed by atoms with Crippen molar-refractivity contribution in [3.8, 4) is 57.8 Å². The maximum atomic E-state index is 9.49. The molecule has 50 heavy (non-hydrogen) atoms. The van der Waals surface area contributed by atoms with Gasteiger partial charge in [0.2, 0.25) is 11.8 Å². The van der Waals surface area contributed by atoms with Crippen molar-refractivity contribution in [3.63, 3.8) is 0 Å². The van der Waals surface area contributed by atoms with Crippen molar-refractivity contribution in [3.05, 3.63) is 130 Å². The van der Waals surface area contributed by atoms with Crippen LogP contribution in [0.3, 0.4) is 0 Å². The van der Waals surface area contributed by atoms with Crippen molar-refractivity contribution in [2.75, 3.05) is 37.9 Å². The summed E-state index contributed by atoms with van der Waals surface area (Å²) in [5, 5.41) is 19.0. The lowest BCUT2D eigenvalue weighted by molar-refractivity contribution is 0.171. The quantitative estimate of drug-likeness (QED) is 0.182. The minimum absolute atomic E-state index is 0.147. The largest absolute Gasteiger partial charge is 0.486 e. The van der Waals surface area contributed by atoms with E-state index in [0.717, 1.165) is 56.4 Å². The Morgan fingerprint density at radius 2 is 0.880 bits per heavy atom. The Balaban J connectivity index is 0.000000157. The number of ether oxygens (including phenoxy) is 4. The molecule has 0 saturated heterocycles. The monoisotopic (exact) mass is 664 g/mol. The zero-order valence-electron chi connectivity index (χ0n) is 27.0. The van der Waals surface area contributed by atoms with Gasteiger partial charge in [0.15, 0.2) is 23.0 Å². The molecule has 4 heterocycles. The van der Waals surface area contributed by atoms with E-state index in [1.165, 1.54) is 0 Å². The van der Waals surface area contributed by atoms with Crippen LogP contribution in [0, 0.1) is 22.7 Å². The number of nitriles is 2. The standard InChI is InChI=1S/2C20H16N2O3/c2*21-12-16-15(19(25-20(16)22)14-4-2-1-3-5-14)10-13-6-7-17-18(11-13)24-9-8-23-17/h2*1-7,11H,8-10,22H2. The number of nitrogens with zero attached hydrogens (tertiary/aromatic N) is 2. The van der Waals surface area contributed by atoms with Crippen LogP contribution in [0.1, 0.15) is 33.4 Å². The highest BCUT2D eigenvalue weighted by molar-refractivity contribution is 5.72. The van der Waals surface area contributed by atoms with E-state index in [-0.39, 0.29) is 11.8 Å². The highest BCUT2D eigenvalue weighted by atomic mass is 16.6. The number of furan rings is 2. The van der Waals surface area contributed by atoms with Gasteiger partial charge < -0.3 is 39.2 Å². The molecule has 0 amide bonds. The van der Waals surface area contributed by atoms with Gasteiger partial charge in [0.05, 0.1) is 0 Å². The third-order valence-corrected chi connectivity index (χ3v) is 8.34. The molecule has 2 aromatic heterocycles. The smallest absolute Gasteiger partial charge is 0.209 e. The third-order valence-electron chi connectivity index (χ3n) is 8.34. The molecule has 0 radical (unpaired) electrons. The second kappa shape index (κ2) is 14.1. The summed E-state index contributed by atoms with van der Waals surface area (Å²) in [4.78, 5) is 0. The summed E-state index contributed by atoms with van der Waals surface area (Å²) in [6, 6.07) is 35.2. The number of hydrogen-bond acceptors (Lipinski definition) is 10. The normalized spacial score (nSPS) is 12.6. The second-order valence-corrected chi connectivity index (χ2v) is 11.6. The zero-order chi connectivity index (χ0) is 34.5. The van der Waals surface area contributed by atoms with Crippen LogP contribution in [-0.2, 0) is 12.8 Å². The molecule has 2 aliphatic rings. The lowest BCUT2D eigenvalue weighted by atomic mass is 9.98. The van der Waals surface area contributed by atoms with Gasteiger partial charge in [-0.3, -0.25) is 0 Å². The lowest BCUT2D eigenvalue weighted by Gasteiger charge is -2.18. The first kappa shape index (κ1) is 31.8. The first-order valence-corrected chi connectivity index (χ1v) is 16.0. The number of rotatable bonds is 6. The van der Waals surface area contributed by atoms with Crippen molar-refractivity contribution < 1.29 is 27.8 Å². The van der Waals surface area contributed by atoms with Crippen LogP contribution in [0.15, 0.2) is 106 Å². The second-order valence-electron chi connectivity index (χ2n) is 11.6. The molecule has 6 aromatic rings. The van der Waals surface area contributed by atoms with Gasteiger partial charge in [0.25, 0.3) is 0 Å². The molecule has 0 bridgehead atoms. The maximum Gasteiger partial charge on any atom is 0.209 e. The van der Waals surface area contributed by atoms with Gasteiger partial charge in [-0.1, -0.05) is 72.8 Å². The van der Waals surface area contributed by atoms with Crippen molar-refractivity contribution in [1.29, 1.82) is 10.5 Å². The Kier molecular flexibility index (Phi) is 8.99. The van der Waals surface area contributed by atoms with Crippen molar-refractivity contribution >= 4 is 11.8 Å². The van der Waals surface area contributed by atoms with Gasteiger partial charge in [-0.25, -0.2) is 0 Å². The first-order valence-electron chi connectivity index (χ1n) is 16.0. The molecule has 248 valence electrons. The summed E-state index contributed by atoms with van der Waals surface area (Å²) in [5.41, 5.74) is 17.9. The molecule has 0 atom stereocenters. The van der Waals surface area contributed by atoms with Gasteiger partial charge in [0, 0.05) is 35.1 Å². The highest BCUT2D eigenvalue weighted by Gasteiger charge is 2.23. The molecule has 2 aliphatic heterocycles. The summed E-state index contributed by atoms with van der Waals surface area (Å²) in [5.74, 6) is 4.48. The minimum atomic E-state index is 0.147. The van der Waals surface area contributed by atoms with Crippen LogP contribution in [0.2, 0.25) is 0 Å². The average molecular weight is 665 g/mol. The van der Waals surface area contributed by atoms with E-state index < -0.39 is 0 Å².